The molecule has 3 atom stereocenters. The first-order chi connectivity index (χ1) is 7.18. The first-order valence-electron chi connectivity index (χ1n) is 5.73. The summed E-state index contributed by atoms with van der Waals surface area (Å²) in [6.07, 6.45) is 4.77. The summed E-state index contributed by atoms with van der Waals surface area (Å²) in [5.74, 6) is 0.258. The van der Waals surface area contributed by atoms with Crippen LogP contribution in [0.5, 0.6) is 0 Å². The number of hydrogen-bond acceptors (Lipinski definition) is 3. The number of hydrogen-bond donors (Lipinski definition) is 0. The van der Waals surface area contributed by atoms with E-state index < -0.39 is 0 Å². The number of halogens is 1. The van der Waals surface area contributed by atoms with E-state index in [1.807, 2.05) is 0 Å². The van der Waals surface area contributed by atoms with E-state index in [1.165, 1.54) is 12.8 Å². The van der Waals surface area contributed by atoms with Crippen LogP contribution in [-0.4, -0.2) is 36.1 Å². The Hall–Kier alpha value is 0.170. The molecule has 2 saturated heterocycles. The van der Waals surface area contributed by atoms with Crippen molar-refractivity contribution in [3.63, 3.8) is 0 Å². The van der Waals surface area contributed by atoms with Gasteiger partial charge in [-0.1, -0.05) is 0 Å². The van der Waals surface area contributed by atoms with Crippen LogP contribution in [0.15, 0.2) is 0 Å². The fraction of sp³-hybridized carbons (Fsp3) is 1.00. The lowest BCUT2D eigenvalue weighted by molar-refractivity contribution is -0.182. The summed E-state index contributed by atoms with van der Waals surface area (Å²) in [5, 5.41) is 0. The van der Waals surface area contributed by atoms with Crippen LogP contribution in [0.3, 0.4) is 0 Å². The molecule has 0 N–H and O–H groups in total. The van der Waals surface area contributed by atoms with E-state index in [4.69, 9.17) is 25.8 Å². The van der Waals surface area contributed by atoms with Gasteiger partial charge >= 0.3 is 0 Å². The van der Waals surface area contributed by atoms with Crippen LogP contribution in [0, 0.1) is 0 Å². The van der Waals surface area contributed by atoms with Gasteiger partial charge < -0.3 is 14.2 Å². The van der Waals surface area contributed by atoms with E-state index in [1.54, 1.807) is 0 Å². The molecule has 1 aliphatic carbocycles. The maximum absolute atomic E-state index is 6.15. The van der Waals surface area contributed by atoms with E-state index in [9.17, 15) is 0 Å². The molecular weight excluding hydrogens is 216 g/mol. The van der Waals surface area contributed by atoms with Crippen LogP contribution in [0.4, 0.5) is 0 Å². The minimum atomic E-state index is -0.294. The monoisotopic (exact) mass is 232 g/mol. The van der Waals surface area contributed by atoms with Crippen LogP contribution in [0.25, 0.3) is 0 Å². The van der Waals surface area contributed by atoms with E-state index in [0.717, 1.165) is 12.8 Å². The van der Waals surface area contributed by atoms with Crippen molar-refractivity contribution >= 4 is 11.6 Å². The third-order valence-corrected chi connectivity index (χ3v) is 4.05. The summed E-state index contributed by atoms with van der Waals surface area (Å²) in [7, 11) is 0. The second-order valence-corrected chi connectivity index (χ2v) is 5.38. The smallest absolute Gasteiger partial charge is 0.169 e. The number of rotatable bonds is 2. The maximum atomic E-state index is 6.15. The van der Waals surface area contributed by atoms with Crippen LogP contribution in [0.2, 0.25) is 0 Å². The molecule has 0 aromatic heterocycles. The lowest BCUT2D eigenvalue weighted by Gasteiger charge is -2.26. The Kier molecular flexibility index (Phi) is 2.29. The summed E-state index contributed by atoms with van der Waals surface area (Å²) >= 11 is 5.76. The quantitative estimate of drug-likeness (QED) is 0.540. The van der Waals surface area contributed by atoms with E-state index in [-0.39, 0.29) is 23.6 Å². The van der Waals surface area contributed by atoms with Crippen LogP contribution in [0.1, 0.15) is 32.6 Å². The summed E-state index contributed by atoms with van der Waals surface area (Å²) < 4.78 is 17.5. The molecule has 3 rings (SSSR count). The molecule has 0 aromatic rings. The molecule has 3 fully saturated rings. The molecule has 1 saturated carbocycles. The van der Waals surface area contributed by atoms with Gasteiger partial charge in [-0.15, -0.1) is 11.6 Å². The van der Waals surface area contributed by atoms with Gasteiger partial charge in [0.05, 0.1) is 12.5 Å². The van der Waals surface area contributed by atoms with E-state index in [2.05, 4.69) is 6.92 Å². The number of ether oxygens (including phenoxy) is 3. The van der Waals surface area contributed by atoms with Gasteiger partial charge in [-0.3, -0.25) is 0 Å². The van der Waals surface area contributed by atoms with Crippen molar-refractivity contribution in [3.8, 4) is 0 Å². The summed E-state index contributed by atoms with van der Waals surface area (Å²) in [5.41, 5.74) is -0.274. The van der Waals surface area contributed by atoms with E-state index in [0.29, 0.717) is 12.5 Å². The molecule has 3 nitrogen and oxygen atoms in total. The first kappa shape index (κ1) is 10.3. The standard InChI is InChI=1S/C11H17ClO3/c1-10(9-8(6-12)14-9)7-13-11(15-10)4-2-3-5-11/h8-9H,2-7H2,1H3/t8-,9+,10+/m1/s1. The molecule has 2 heterocycles. The first-order valence-corrected chi connectivity index (χ1v) is 6.27. The van der Waals surface area contributed by atoms with Crippen molar-refractivity contribution in [2.24, 2.45) is 0 Å². The second-order valence-electron chi connectivity index (χ2n) is 5.07. The Morgan fingerprint density at radius 3 is 2.67 bits per heavy atom. The molecule has 0 aromatic carbocycles. The summed E-state index contributed by atoms with van der Waals surface area (Å²) in [4.78, 5) is 0. The lowest BCUT2D eigenvalue weighted by Crippen LogP contribution is -2.38. The van der Waals surface area contributed by atoms with Gasteiger partial charge in [0, 0.05) is 12.8 Å². The average molecular weight is 233 g/mol. The fourth-order valence-electron chi connectivity index (χ4n) is 2.86. The minimum absolute atomic E-state index is 0.134. The van der Waals surface area contributed by atoms with Crippen molar-refractivity contribution < 1.29 is 14.2 Å². The van der Waals surface area contributed by atoms with Crippen LogP contribution >= 0.6 is 11.6 Å². The third kappa shape index (κ3) is 1.60. The molecule has 15 heavy (non-hydrogen) atoms. The van der Waals surface area contributed by atoms with Crippen LogP contribution in [-0.2, 0) is 14.2 Å². The molecule has 0 amide bonds. The maximum Gasteiger partial charge on any atom is 0.169 e. The minimum Gasteiger partial charge on any atom is -0.365 e. The SMILES string of the molecule is C[C@@]1([C@H]2O[C@@H]2CCl)COC2(CCCC2)O1. The number of alkyl halides is 1. The highest BCUT2D eigenvalue weighted by atomic mass is 35.5. The predicted octanol–water partition coefficient (Wildman–Crippen LogP) is 2.07. The Morgan fingerprint density at radius 2 is 2.07 bits per heavy atom. The molecule has 4 heteroatoms. The molecular formula is C11H17ClO3. The van der Waals surface area contributed by atoms with Gasteiger partial charge in [0.25, 0.3) is 0 Å². The Balaban J connectivity index is 1.69. The van der Waals surface area contributed by atoms with Gasteiger partial charge in [0.2, 0.25) is 0 Å². The van der Waals surface area contributed by atoms with E-state index >= 15 is 0 Å². The topological polar surface area (TPSA) is 31.0 Å². The zero-order valence-corrected chi connectivity index (χ0v) is 9.76. The Morgan fingerprint density at radius 1 is 1.33 bits per heavy atom. The largest absolute Gasteiger partial charge is 0.365 e. The highest BCUT2D eigenvalue weighted by Gasteiger charge is 2.60. The normalized spacial score (nSPS) is 47.6. The van der Waals surface area contributed by atoms with Crippen molar-refractivity contribution in [1.82, 2.24) is 0 Å². The lowest BCUT2D eigenvalue weighted by atomic mass is 10.0. The van der Waals surface area contributed by atoms with Crippen molar-refractivity contribution in [2.75, 3.05) is 12.5 Å². The average Bonchev–Trinajstić information content (AvgIpc) is 2.81. The number of epoxide rings is 1. The van der Waals surface area contributed by atoms with Gasteiger partial charge in [0.15, 0.2) is 5.79 Å². The summed E-state index contributed by atoms with van der Waals surface area (Å²) in [6, 6.07) is 0. The molecule has 1 spiro atoms. The molecule has 86 valence electrons. The molecule has 3 aliphatic rings. The Labute approximate surface area is 95.0 Å². The van der Waals surface area contributed by atoms with Gasteiger partial charge in [-0.2, -0.15) is 0 Å². The molecule has 0 radical (unpaired) electrons. The third-order valence-electron chi connectivity index (χ3n) is 3.74. The zero-order chi connectivity index (χ0) is 10.5. The molecule has 0 bridgehead atoms. The van der Waals surface area contributed by atoms with Gasteiger partial charge in [-0.05, 0) is 19.8 Å². The highest BCUT2D eigenvalue weighted by molar-refractivity contribution is 6.18. The zero-order valence-electron chi connectivity index (χ0n) is 9.00. The fourth-order valence-corrected chi connectivity index (χ4v) is 3.09. The highest BCUT2D eigenvalue weighted by Crippen LogP contribution is 2.48. The van der Waals surface area contributed by atoms with Gasteiger partial charge in [0.1, 0.15) is 17.8 Å². The van der Waals surface area contributed by atoms with Crippen LogP contribution < -0.4 is 0 Å². The van der Waals surface area contributed by atoms with Crippen molar-refractivity contribution in [1.29, 1.82) is 0 Å². The van der Waals surface area contributed by atoms with Crippen molar-refractivity contribution in [2.45, 2.75) is 56.2 Å². The van der Waals surface area contributed by atoms with Gasteiger partial charge in [-0.25, -0.2) is 0 Å². The van der Waals surface area contributed by atoms with Crippen molar-refractivity contribution in [3.05, 3.63) is 0 Å². The second kappa shape index (κ2) is 3.33. The Bertz CT molecular complexity index is 265. The summed E-state index contributed by atoms with van der Waals surface area (Å²) in [6.45, 7) is 2.72. The predicted molar refractivity (Wildman–Crippen MR) is 56.0 cm³/mol. The molecule has 2 aliphatic heterocycles. The molecule has 0 unspecified atom stereocenters.